The summed E-state index contributed by atoms with van der Waals surface area (Å²) in [4.78, 5) is 0. The Kier molecular flexibility index (Phi) is 1.90. The SMILES string of the molecule is CCO[C@]12CCC[C@@]1(N)CCO2. The first-order valence-corrected chi connectivity index (χ1v) is 4.79. The molecule has 0 unspecified atom stereocenters. The Hall–Kier alpha value is -0.120. The van der Waals surface area contributed by atoms with E-state index < -0.39 is 5.79 Å². The van der Waals surface area contributed by atoms with Crippen LogP contribution in [0.1, 0.15) is 32.6 Å². The van der Waals surface area contributed by atoms with Crippen LogP contribution in [0.25, 0.3) is 0 Å². The Bertz CT molecular complexity index is 171. The van der Waals surface area contributed by atoms with Crippen LogP contribution in [-0.2, 0) is 9.47 Å². The van der Waals surface area contributed by atoms with Crippen molar-refractivity contribution in [3.8, 4) is 0 Å². The van der Waals surface area contributed by atoms with E-state index in [4.69, 9.17) is 15.2 Å². The summed E-state index contributed by atoms with van der Waals surface area (Å²) in [6.07, 6.45) is 4.11. The second-order valence-electron chi connectivity index (χ2n) is 3.79. The van der Waals surface area contributed by atoms with Crippen molar-refractivity contribution in [2.24, 2.45) is 5.73 Å². The van der Waals surface area contributed by atoms with Gasteiger partial charge in [-0.2, -0.15) is 0 Å². The lowest BCUT2D eigenvalue weighted by Crippen LogP contribution is -2.55. The number of ether oxygens (including phenoxy) is 2. The van der Waals surface area contributed by atoms with Crippen molar-refractivity contribution in [1.82, 2.24) is 0 Å². The largest absolute Gasteiger partial charge is 0.348 e. The smallest absolute Gasteiger partial charge is 0.186 e. The summed E-state index contributed by atoms with van der Waals surface area (Å²) in [5.74, 6) is -0.429. The molecule has 12 heavy (non-hydrogen) atoms. The van der Waals surface area contributed by atoms with Crippen LogP contribution in [0.2, 0.25) is 0 Å². The maximum Gasteiger partial charge on any atom is 0.186 e. The molecule has 0 amide bonds. The zero-order valence-electron chi connectivity index (χ0n) is 7.64. The van der Waals surface area contributed by atoms with E-state index in [1.807, 2.05) is 6.92 Å². The highest BCUT2D eigenvalue weighted by Gasteiger charge is 2.58. The number of rotatable bonds is 2. The van der Waals surface area contributed by atoms with E-state index in [0.29, 0.717) is 6.61 Å². The first kappa shape index (κ1) is 8.48. The number of hydrogen-bond acceptors (Lipinski definition) is 3. The van der Waals surface area contributed by atoms with Crippen molar-refractivity contribution in [3.05, 3.63) is 0 Å². The van der Waals surface area contributed by atoms with Gasteiger partial charge in [0, 0.05) is 13.0 Å². The van der Waals surface area contributed by atoms with Crippen molar-refractivity contribution >= 4 is 0 Å². The van der Waals surface area contributed by atoms with Gasteiger partial charge in [-0.05, 0) is 26.2 Å². The van der Waals surface area contributed by atoms with Gasteiger partial charge in [0.05, 0.1) is 12.1 Å². The third-order valence-corrected chi connectivity index (χ3v) is 3.15. The lowest BCUT2D eigenvalue weighted by molar-refractivity contribution is -0.223. The molecular weight excluding hydrogens is 154 g/mol. The normalized spacial score (nSPS) is 46.5. The Labute approximate surface area is 73.2 Å². The van der Waals surface area contributed by atoms with Crippen LogP contribution in [0.5, 0.6) is 0 Å². The Balaban J connectivity index is 2.20. The standard InChI is InChI=1S/C9H17NO2/c1-2-11-9-5-3-4-8(9,10)6-7-12-9/h2-7,10H2,1H3/t8-,9+/m1/s1. The van der Waals surface area contributed by atoms with Crippen molar-refractivity contribution in [2.75, 3.05) is 13.2 Å². The van der Waals surface area contributed by atoms with Gasteiger partial charge < -0.3 is 15.2 Å². The molecule has 1 aliphatic heterocycles. The molecular formula is C9H17NO2. The minimum Gasteiger partial charge on any atom is -0.348 e. The number of hydrogen-bond donors (Lipinski definition) is 1. The summed E-state index contributed by atoms with van der Waals surface area (Å²) in [7, 11) is 0. The molecule has 0 spiro atoms. The lowest BCUT2D eigenvalue weighted by Gasteiger charge is -2.35. The van der Waals surface area contributed by atoms with Gasteiger partial charge in [0.1, 0.15) is 0 Å². The first-order valence-electron chi connectivity index (χ1n) is 4.79. The highest BCUT2D eigenvalue weighted by atomic mass is 16.7. The van der Waals surface area contributed by atoms with E-state index in [1.54, 1.807) is 0 Å². The Morgan fingerprint density at radius 3 is 3.00 bits per heavy atom. The van der Waals surface area contributed by atoms with E-state index in [2.05, 4.69) is 0 Å². The fourth-order valence-electron chi connectivity index (χ4n) is 2.50. The highest BCUT2D eigenvalue weighted by molar-refractivity contribution is 5.07. The monoisotopic (exact) mass is 171 g/mol. The zero-order chi connectivity index (χ0) is 8.66. The molecule has 3 nitrogen and oxygen atoms in total. The maximum absolute atomic E-state index is 6.24. The van der Waals surface area contributed by atoms with Gasteiger partial charge in [0.15, 0.2) is 5.79 Å². The summed E-state index contributed by atoms with van der Waals surface area (Å²) >= 11 is 0. The van der Waals surface area contributed by atoms with Crippen LogP contribution in [0, 0.1) is 0 Å². The molecule has 0 aromatic heterocycles. The number of nitrogens with two attached hydrogens (primary N) is 1. The highest BCUT2D eigenvalue weighted by Crippen LogP contribution is 2.47. The quantitative estimate of drug-likeness (QED) is 0.674. The second kappa shape index (κ2) is 2.69. The average molecular weight is 171 g/mol. The molecule has 1 heterocycles. The van der Waals surface area contributed by atoms with Crippen LogP contribution in [0.3, 0.4) is 0 Å². The van der Waals surface area contributed by atoms with E-state index in [0.717, 1.165) is 32.3 Å². The molecule has 0 aromatic rings. The van der Waals surface area contributed by atoms with Crippen molar-refractivity contribution in [2.45, 2.75) is 43.9 Å². The van der Waals surface area contributed by atoms with E-state index in [9.17, 15) is 0 Å². The Morgan fingerprint density at radius 1 is 1.42 bits per heavy atom. The third kappa shape index (κ3) is 0.934. The van der Waals surface area contributed by atoms with Gasteiger partial charge in [-0.3, -0.25) is 0 Å². The third-order valence-electron chi connectivity index (χ3n) is 3.15. The fourth-order valence-corrected chi connectivity index (χ4v) is 2.50. The van der Waals surface area contributed by atoms with Crippen molar-refractivity contribution < 1.29 is 9.47 Å². The van der Waals surface area contributed by atoms with Crippen LogP contribution < -0.4 is 5.73 Å². The molecule has 70 valence electrons. The minimum absolute atomic E-state index is 0.191. The first-order chi connectivity index (χ1) is 5.72. The van der Waals surface area contributed by atoms with Crippen LogP contribution in [0.15, 0.2) is 0 Å². The molecule has 2 fully saturated rings. The predicted octanol–water partition coefficient (Wildman–Crippen LogP) is 1.02. The van der Waals surface area contributed by atoms with Crippen LogP contribution in [0.4, 0.5) is 0 Å². The maximum atomic E-state index is 6.24. The molecule has 2 rings (SSSR count). The van der Waals surface area contributed by atoms with Crippen LogP contribution in [-0.4, -0.2) is 24.5 Å². The minimum atomic E-state index is -0.429. The molecule has 2 atom stereocenters. The molecule has 1 aliphatic carbocycles. The summed E-state index contributed by atoms with van der Waals surface area (Å²) in [6.45, 7) is 3.45. The van der Waals surface area contributed by atoms with E-state index >= 15 is 0 Å². The van der Waals surface area contributed by atoms with Gasteiger partial charge in [-0.25, -0.2) is 0 Å². The van der Waals surface area contributed by atoms with E-state index in [1.165, 1.54) is 0 Å². The average Bonchev–Trinajstić information content (AvgIpc) is 2.42. The molecule has 2 N–H and O–H groups in total. The molecule has 2 aliphatic rings. The summed E-state index contributed by atoms with van der Waals surface area (Å²) < 4.78 is 11.3. The fraction of sp³-hybridized carbons (Fsp3) is 1.00. The molecule has 0 aromatic carbocycles. The molecule has 0 radical (unpaired) electrons. The van der Waals surface area contributed by atoms with Crippen molar-refractivity contribution in [1.29, 1.82) is 0 Å². The lowest BCUT2D eigenvalue weighted by atomic mass is 9.92. The summed E-state index contributed by atoms with van der Waals surface area (Å²) in [6, 6.07) is 0. The van der Waals surface area contributed by atoms with E-state index in [-0.39, 0.29) is 5.54 Å². The molecule has 1 saturated carbocycles. The Morgan fingerprint density at radius 2 is 2.25 bits per heavy atom. The van der Waals surface area contributed by atoms with Gasteiger partial charge >= 0.3 is 0 Å². The molecule has 0 bridgehead atoms. The summed E-state index contributed by atoms with van der Waals surface area (Å²) in [5.41, 5.74) is 6.04. The zero-order valence-corrected chi connectivity index (χ0v) is 7.64. The van der Waals surface area contributed by atoms with Gasteiger partial charge in [-0.15, -0.1) is 0 Å². The summed E-state index contributed by atoms with van der Waals surface area (Å²) in [5, 5.41) is 0. The molecule has 3 heteroatoms. The topological polar surface area (TPSA) is 44.5 Å². The van der Waals surface area contributed by atoms with Crippen LogP contribution >= 0.6 is 0 Å². The van der Waals surface area contributed by atoms with Gasteiger partial charge in [0.2, 0.25) is 0 Å². The predicted molar refractivity (Wildman–Crippen MR) is 45.7 cm³/mol. The number of fused-ring (bicyclic) bond motifs is 1. The van der Waals surface area contributed by atoms with Gasteiger partial charge in [0.25, 0.3) is 0 Å². The van der Waals surface area contributed by atoms with Gasteiger partial charge in [-0.1, -0.05) is 0 Å². The van der Waals surface area contributed by atoms with Crippen molar-refractivity contribution in [3.63, 3.8) is 0 Å². The second-order valence-corrected chi connectivity index (χ2v) is 3.79. The molecule has 1 saturated heterocycles.